The number of hydrogen-bond donors (Lipinski definition) is 3. The molecule has 17 heteroatoms. The van der Waals surface area contributed by atoms with Gasteiger partial charge in [-0.2, -0.15) is 0 Å². The fraction of sp³-hybridized carbons (Fsp3) is 0.395. The molecule has 5 rings (SSSR count). The Balaban J connectivity index is 1.54. The highest BCUT2D eigenvalue weighted by Crippen LogP contribution is 2.37. The van der Waals surface area contributed by atoms with Crippen LogP contribution in [-0.4, -0.2) is 95.8 Å². The van der Waals surface area contributed by atoms with Gasteiger partial charge in [0, 0.05) is 29.9 Å². The Labute approximate surface area is 322 Å². The molecule has 0 aliphatic carbocycles. The summed E-state index contributed by atoms with van der Waals surface area (Å²) in [5.74, 6) is -0.0923. The number of carbonyl (C=O) groups excluding carboxylic acids is 3. The number of aliphatic hydroxyl groups excluding tert-OH is 1. The Morgan fingerprint density at radius 2 is 1.64 bits per heavy atom. The summed E-state index contributed by atoms with van der Waals surface area (Å²) < 4.78 is 31.5. The molecule has 294 valence electrons. The molecule has 1 aliphatic heterocycles. The van der Waals surface area contributed by atoms with Gasteiger partial charge in [0.2, 0.25) is 5.91 Å². The highest BCUT2D eigenvalue weighted by molar-refractivity contribution is 6.31. The van der Waals surface area contributed by atoms with Crippen LogP contribution in [0.3, 0.4) is 0 Å². The second-order valence-electron chi connectivity index (χ2n) is 13.9. The van der Waals surface area contributed by atoms with Crippen molar-refractivity contribution in [2.45, 2.75) is 58.4 Å². The number of nitrogens with one attached hydrogen (secondary N) is 2. The van der Waals surface area contributed by atoms with Gasteiger partial charge in [-0.1, -0.05) is 11.6 Å². The molecule has 3 atom stereocenters. The normalized spacial score (nSPS) is 14.8. The SMILES string of the molecule is COc1ccc(N(C(=O)Nc2ccc(F)cc2)C(C)c2nc3ccc(Cl)cc3c(=O)n2N2CCN(C(=O)[C@@H](NC(=O)OC(C)(C)C)[C@H](C)O)CC2)c(OC)c1. The first kappa shape index (κ1) is 40.6. The maximum absolute atomic E-state index is 14.5. The van der Waals surface area contributed by atoms with Crippen molar-refractivity contribution in [3.05, 3.63) is 87.7 Å². The van der Waals surface area contributed by atoms with Gasteiger partial charge in [0.15, 0.2) is 5.82 Å². The highest BCUT2D eigenvalue weighted by Gasteiger charge is 2.36. The number of rotatable bonds is 10. The summed E-state index contributed by atoms with van der Waals surface area (Å²) in [6, 6.07) is 12.0. The summed E-state index contributed by atoms with van der Waals surface area (Å²) in [4.78, 5) is 62.7. The number of halogens is 2. The van der Waals surface area contributed by atoms with Crippen LogP contribution in [0.4, 0.5) is 25.4 Å². The van der Waals surface area contributed by atoms with Crippen molar-refractivity contribution in [1.82, 2.24) is 19.9 Å². The van der Waals surface area contributed by atoms with Gasteiger partial charge in [0.25, 0.3) is 5.56 Å². The number of aliphatic hydroxyl groups is 1. The number of ether oxygens (including phenoxy) is 3. The van der Waals surface area contributed by atoms with E-state index in [0.29, 0.717) is 27.7 Å². The summed E-state index contributed by atoms with van der Waals surface area (Å²) in [5, 5.41) is 18.0. The van der Waals surface area contributed by atoms with Crippen LogP contribution in [0.5, 0.6) is 11.5 Å². The van der Waals surface area contributed by atoms with Crippen LogP contribution in [0, 0.1) is 5.82 Å². The molecule has 0 saturated carbocycles. The van der Waals surface area contributed by atoms with E-state index in [-0.39, 0.29) is 43.1 Å². The summed E-state index contributed by atoms with van der Waals surface area (Å²) in [6.45, 7) is 8.61. The van der Waals surface area contributed by atoms with Gasteiger partial charge in [-0.3, -0.25) is 14.5 Å². The zero-order chi connectivity index (χ0) is 40.2. The molecule has 4 aromatic rings. The predicted molar refractivity (Wildman–Crippen MR) is 206 cm³/mol. The van der Waals surface area contributed by atoms with Crippen molar-refractivity contribution in [2.75, 3.05) is 55.6 Å². The molecule has 55 heavy (non-hydrogen) atoms. The minimum atomic E-state index is -1.28. The Kier molecular flexibility index (Phi) is 12.4. The van der Waals surface area contributed by atoms with Crippen molar-refractivity contribution < 1.29 is 38.1 Å². The molecule has 3 aromatic carbocycles. The van der Waals surface area contributed by atoms with E-state index in [9.17, 15) is 28.7 Å². The van der Waals surface area contributed by atoms with Crippen LogP contribution in [0.1, 0.15) is 46.5 Å². The summed E-state index contributed by atoms with van der Waals surface area (Å²) >= 11 is 6.33. The lowest BCUT2D eigenvalue weighted by molar-refractivity contribution is -0.136. The molecule has 1 saturated heterocycles. The first-order chi connectivity index (χ1) is 26.0. The maximum atomic E-state index is 14.5. The van der Waals surface area contributed by atoms with E-state index in [1.54, 1.807) is 63.0 Å². The summed E-state index contributed by atoms with van der Waals surface area (Å²) in [6.07, 6.45) is -2.08. The minimum Gasteiger partial charge on any atom is -0.497 e. The lowest BCUT2D eigenvalue weighted by Crippen LogP contribution is -2.61. The number of carbonyl (C=O) groups is 3. The number of fused-ring (bicyclic) bond motifs is 1. The number of piperazine rings is 1. The quantitative estimate of drug-likeness (QED) is 0.198. The number of alkyl carbamates (subject to hydrolysis) is 1. The molecular weight excluding hydrogens is 737 g/mol. The predicted octanol–water partition coefficient (Wildman–Crippen LogP) is 5.06. The van der Waals surface area contributed by atoms with E-state index in [1.165, 1.54) is 66.0 Å². The fourth-order valence-electron chi connectivity index (χ4n) is 6.16. The summed E-state index contributed by atoms with van der Waals surface area (Å²) in [7, 11) is 2.94. The first-order valence-corrected chi connectivity index (χ1v) is 17.9. The Bertz CT molecular complexity index is 2100. The molecule has 1 unspecified atom stereocenters. The van der Waals surface area contributed by atoms with Crippen LogP contribution in [-0.2, 0) is 9.53 Å². The number of benzene rings is 3. The second kappa shape index (κ2) is 16.8. The van der Waals surface area contributed by atoms with Gasteiger partial charge in [-0.05, 0) is 89.2 Å². The monoisotopic (exact) mass is 781 g/mol. The molecule has 0 spiro atoms. The molecule has 3 N–H and O–H groups in total. The number of nitrogens with zero attached hydrogens (tertiary/aromatic N) is 5. The van der Waals surface area contributed by atoms with Gasteiger partial charge >= 0.3 is 12.1 Å². The van der Waals surface area contributed by atoms with E-state index in [0.717, 1.165) is 0 Å². The molecule has 1 fully saturated rings. The van der Waals surface area contributed by atoms with E-state index in [2.05, 4.69) is 10.6 Å². The van der Waals surface area contributed by atoms with Crippen molar-refractivity contribution >= 4 is 51.9 Å². The van der Waals surface area contributed by atoms with Crippen molar-refractivity contribution in [3.63, 3.8) is 0 Å². The van der Waals surface area contributed by atoms with Crippen LogP contribution in [0.2, 0.25) is 5.02 Å². The van der Waals surface area contributed by atoms with Crippen LogP contribution < -0.4 is 35.6 Å². The number of amides is 4. The fourth-order valence-corrected chi connectivity index (χ4v) is 6.33. The van der Waals surface area contributed by atoms with Gasteiger partial charge < -0.3 is 39.9 Å². The molecule has 0 bridgehead atoms. The van der Waals surface area contributed by atoms with Gasteiger partial charge in [-0.25, -0.2) is 23.6 Å². The number of aromatic nitrogens is 2. The summed E-state index contributed by atoms with van der Waals surface area (Å²) in [5.41, 5.74) is -0.340. The zero-order valence-corrected chi connectivity index (χ0v) is 32.4. The Morgan fingerprint density at radius 1 is 0.964 bits per heavy atom. The van der Waals surface area contributed by atoms with E-state index in [1.807, 2.05) is 0 Å². The third kappa shape index (κ3) is 9.38. The maximum Gasteiger partial charge on any atom is 0.408 e. The molecule has 4 amide bonds. The van der Waals surface area contributed by atoms with E-state index >= 15 is 0 Å². The Hall–Kier alpha value is -5.61. The Morgan fingerprint density at radius 3 is 2.24 bits per heavy atom. The standard InChI is InChI=1S/C38H45ClFN7O8/c1-22(46(30-15-13-27(53-6)21-31(30)54-7)36(51)41-26-11-9-25(40)10-12-26)33-42-29-14-8-24(39)20-28(29)34(49)47(33)45-18-16-44(17-19-45)35(50)32(23(2)48)43-37(52)55-38(3,4)5/h8-15,20-23,32,48H,16-19H2,1-7H3,(H,41,51)(H,43,52)/t22?,23-,32-/m0/s1. The molecule has 1 aliphatic rings. The van der Waals surface area contributed by atoms with Gasteiger partial charge in [0.1, 0.15) is 29.0 Å². The topological polar surface area (TPSA) is 168 Å². The van der Waals surface area contributed by atoms with Gasteiger partial charge in [0.05, 0.1) is 56.0 Å². The number of hydrogen-bond acceptors (Lipinski definition) is 10. The molecule has 15 nitrogen and oxygen atoms in total. The minimum absolute atomic E-state index is 0.104. The van der Waals surface area contributed by atoms with Crippen LogP contribution in [0.15, 0.2) is 65.5 Å². The van der Waals surface area contributed by atoms with Crippen molar-refractivity contribution in [3.8, 4) is 11.5 Å². The molecular formula is C38H45ClFN7O8. The highest BCUT2D eigenvalue weighted by atomic mass is 35.5. The lowest BCUT2D eigenvalue weighted by Gasteiger charge is -2.40. The van der Waals surface area contributed by atoms with Gasteiger partial charge in [-0.15, -0.1) is 0 Å². The number of methoxy groups -OCH3 is 2. The number of urea groups is 1. The van der Waals surface area contributed by atoms with Crippen LogP contribution in [0.25, 0.3) is 10.9 Å². The lowest BCUT2D eigenvalue weighted by atomic mass is 10.1. The molecule has 1 aromatic heterocycles. The van der Waals surface area contributed by atoms with E-state index in [4.69, 9.17) is 30.8 Å². The van der Waals surface area contributed by atoms with E-state index < -0.39 is 53.2 Å². The molecule has 0 radical (unpaired) electrons. The van der Waals surface area contributed by atoms with Crippen molar-refractivity contribution in [2.24, 2.45) is 0 Å². The third-order valence-electron chi connectivity index (χ3n) is 8.83. The van der Waals surface area contributed by atoms with Crippen LogP contribution >= 0.6 is 11.6 Å². The molecule has 2 heterocycles. The zero-order valence-electron chi connectivity index (χ0n) is 31.6. The largest absolute Gasteiger partial charge is 0.497 e. The average molecular weight is 782 g/mol. The first-order valence-electron chi connectivity index (χ1n) is 17.5. The van der Waals surface area contributed by atoms with Crippen molar-refractivity contribution in [1.29, 1.82) is 0 Å². The third-order valence-corrected chi connectivity index (χ3v) is 9.06. The average Bonchev–Trinajstić information content (AvgIpc) is 3.14. The second-order valence-corrected chi connectivity index (χ2v) is 14.3. The smallest absolute Gasteiger partial charge is 0.408 e. The number of anilines is 2.